The van der Waals surface area contributed by atoms with Crippen LogP contribution in [0.15, 0.2) is 29.2 Å². The summed E-state index contributed by atoms with van der Waals surface area (Å²) in [7, 11) is -3.71. The number of sulfonamides is 1. The van der Waals surface area contributed by atoms with E-state index in [4.69, 9.17) is 5.11 Å². The van der Waals surface area contributed by atoms with E-state index in [9.17, 15) is 13.2 Å². The molecular weight excluding hydrogens is 314 g/mol. The van der Waals surface area contributed by atoms with Gasteiger partial charge in [-0.3, -0.25) is 9.52 Å². The maximum absolute atomic E-state index is 12.1. The zero-order valence-corrected chi connectivity index (χ0v) is 12.7. The van der Waals surface area contributed by atoms with Gasteiger partial charge < -0.3 is 5.11 Å². The van der Waals surface area contributed by atoms with E-state index >= 15 is 0 Å². The average molecular weight is 327 g/mol. The van der Waals surface area contributed by atoms with Crippen molar-refractivity contribution in [2.45, 2.75) is 24.7 Å². The first-order chi connectivity index (χ1) is 9.87. The summed E-state index contributed by atoms with van der Waals surface area (Å²) in [4.78, 5) is 14.5. The molecule has 2 aromatic rings. The lowest BCUT2D eigenvalue weighted by Crippen LogP contribution is -2.12. The minimum absolute atomic E-state index is 0.00834. The molecule has 2 rings (SSSR count). The lowest BCUT2D eigenvalue weighted by Gasteiger charge is -2.05. The molecule has 0 unspecified atom stereocenters. The number of hydrogen-bond acceptors (Lipinski definition) is 6. The number of aromatic nitrogens is 2. The smallest absolute Gasteiger partial charge is 0.303 e. The van der Waals surface area contributed by atoms with Gasteiger partial charge in [-0.15, -0.1) is 0 Å². The first-order valence-electron chi connectivity index (χ1n) is 6.01. The Kier molecular flexibility index (Phi) is 4.53. The number of carbonyl (C=O) groups is 1. The maximum atomic E-state index is 12.1. The molecule has 0 atom stereocenters. The topological polar surface area (TPSA) is 109 Å². The van der Waals surface area contributed by atoms with Crippen molar-refractivity contribution >= 4 is 32.7 Å². The van der Waals surface area contributed by atoms with E-state index in [0.717, 1.165) is 17.1 Å². The molecule has 0 saturated carbocycles. The quantitative estimate of drug-likeness (QED) is 0.835. The van der Waals surface area contributed by atoms with E-state index in [1.807, 2.05) is 0 Å². The number of aryl methyl sites for hydroxylation is 2. The van der Waals surface area contributed by atoms with E-state index in [1.54, 1.807) is 19.1 Å². The third-order valence-corrected chi connectivity index (χ3v) is 4.82. The summed E-state index contributed by atoms with van der Waals surface area (Å²) in [5.41, 5.74) is 0.767. The third kappa shape index (κ3) is 4.23. The second kappa shape index (κ2) is 6.19. The second-order valence-electron chi connectivity index (χ2n) is 4.29. The Balaban J connectivity index is 2.11. The van der Waals surface area contributed by atoms with Crippen LogP contribution in [0.25, 0.3) is 0 Å². The second-order valence-corrected chi connectivity index (χ2v) is 6.72. The lowest BCUT2D eigenvalue weighted by molar-refractivity contribution is -0.136. The molecule has 0 amide bonds. The van der Waals surface area contributed by atoms with Crippen LogP contribution in [-0.2, 0) is 21.2 Å². The van der Waals surface area contributed by atoms with Gasteiger partial charge in [-0.1, -0.05) is 12.1 Å². The molecule has 0 aliphatic heterocycles. The standard InChI is InChI=1S/C12H13N3O4S2/c1-8-13-12(20-14-8)15-21(18,19)10-5-2-9(3-6-10)4-7-11(16)17/h2-3,5-6H,4,7H2,1H3,(H,16,17)(H,13,14,15). The molecule has 0 spiro atoms. The Bertz CT molecular complexity index is 738. The molecule has 1 aromatic carbocycles. The molecule has 0 fully saturated rings. The molecule has 0 saturated heterocycles. The van der Waals surface area contributed by atoms with Gasteiger partial charge in [0.25, 0.3) is 10.0 Å². The molecule has 0 aliphatic rings. The number of aliphatic carboxylic acids is 1. The number of rotatable bonds is 6. The SMILES string of the molecule is Cc1nsc(NS(=O)(=O)c2ccc(CCC(=O)O)cc2)n1. The molecule has 1 aromatic heterocycles. The van der Waals surface area contributed by atoms with E-state index in [0.29, 0.717) is 12.2 Å². The number of hydrogen-bond donors (Lipinski definition) is 2. The van der Waals surface area contributed by atoms with E-state index < -0.39 is 16.0 Å². The summed E-state index contributed by atoms with van der Waals surface area (Å²) in [6.07, 6.45) is 0.368. The normalized spacial score (nSPS) is 11.3. The fraction of sp³-hybridized carbons (Fsp3) is 0.250. The van der Waals surface area contributed by atoms with E-state index in [2.05, 4.69) is 14.1 Å². The number of benzene rings is 1. The van der Waals surface area contributed by atoms with Crippen molar-refractivity contribution in [1.29, 1.82) is 0 Å². The van der Waals surface area contributed by atoms with Gasteiger partial charge in [0.05, 0.1) is 4.90 Å². The Morgan fingerprint density at radius 1 is 1.33 bits per heavy atom. The Morgan fingerprint density at radius 3 is 2.52 bits per heavy atom. The van der Waals surface area contributed by atoms with Crippen LogP contribution in [0.1, 0.15) is 17.8 Å². The van der Waals surface area contributed by atoms with Gasteiger partial charge in [0.2, 0.25) is 5.13 Å². The van der Waals surface area contributed by atoms with Gasteiger partial charge in [0, 0.05) is 18.0 Å². The first-order valence-corrected chi connectivity index (χ1v) is 8.26. The first kappa shape index (κ1) is 15.4. The van der Waals surface area contributed by atoms with Crippen LogP contribution in [-0.4, -0.2) is 28.9 Å². The Morgan fingerprint density at radius 2 is 2.00 bits per heavy atom. The molecule has 0 aliphatic carbocycles. The van der Waals surface area contributed by atoms with Crippen LogP contribution >= 0.6 is 11.5 Å². The summed E-state index contributed by atoms with van der Waals surface area (Å²) in [6, 6.07) is 6.08. The van der Waals surface area contributed by atoms with Crippen LogP contribution < -0.4 is 4.72 Å². The number of carboxylic acid groups (broad SMARTS) is 1. The molecule has 0 bridgehead atoms. The van der Waals surface area contributed by atoms with Crippen LogP contribution in [0.3, 0.4) is 0 Å². The Hall–Kier alpha value is -2.00. The van der Waals surface area contributed by atoms with Crippen LogP contribution in [0.4, 0.5) is 5.13 Å². The third-order valence-electron chi connectivity index (χ3n) is 2.61. The summed E-state index contributed by atoms with van der Waals surface area (Å²) >= 11 is 0.969. The summed E-state index contributed by atoms with van der Waals surface area (Å²) in [5, 5.41) is 8.82. The predicted octanol–water partition coefficient (Wildman–Crippen LogP) is 1.66. The molecule has 0 radical (unpaired) electrons. The fourth-order valence-electron chi connectivity index (χ4n) is 1.60. The molecule has 9 heteroatoms. The molecule has 1 heterocycles. The van der Waals surface area contributed by atoms with Crippen molar-refractivity contribution in [1.82, 2.24) is 9.36 Å². The summed E-state index contributed by atoms with van der Waals surface area (Å²) in [6.45, 7) is 1.67. The van der Waals surface area contributed by atoms with Gasteiger partial charge in [0.1, 0.15) is 5.82 Å². The predicted molar refractivity (Wildman–Crippen MR) is 77.9 cm³/mol. The molecule has 7 nitrogen and oxygen atoms in total. The van der Waals surface area contributed by atoms with Gasteiger partial charge in [-0.2, -0.15) is 4.37 Å². The van der Waals surface area contributed by atoms with Crippen LogP contribution in [0.2, 0.25) is 0 Å². The largest absolute Gasteiger partial charge is 0.481 e. The van der Waals surface area contributed by atoms with Crippen molar-refractivity contribution in [3.05, 3.63) is 35.7 Å². The zero-order chi connectivity index (χ0) is 15.5. The van der Waals surface area contributed by atoms with Gasteiger partial charge in [-0.25, -0.2) is 13.4 Å². The molecule has 2 N–H and O–H groups in total. The zero-order valence-electron chi connectivity index (χ0n) is 11.1. The highest BCUT2D eigenvalue weighted by Gasteiger charge is 2.16. The van der Waals surface area contributed by atoms with E-state index in [1.165, 1.54) is 12.1 Å². The minimum atomic E-state index is -3.71. The number of anilines is 1. The van der Waals surface area contributed by atoms with Crippen molar-refractivity contribution in [3.63, 3.8) is 0 Å². The van der Waals surface area contributed by atoms with Gasteiger partial charge in [-0.05, 0) is 31.0 Å². The number of nitrogens with zero attached hydrogens (tertiary/aromatic N) is 2. The lowest BCUT2D eigenvalue weighted by atomic mass is 10.1. The Labute approximate surface area is 125 Å². The van der Waals surface area contributed by atoms with Crippen molar-refractivity contribution < 1.29 is 18.3 Å². The summed E-state index contributed by atoms with van der Waals surface area (Å²) in [5.74, 6) is -0.387. The fourth-order valence-corrected chi connectivity index (χ4v) is 3.40. The average Bonchev–Trinajstić information content (AvgIpc) is 2.81. The van der Waals surface area contributed by atoms with Crippen LogP contribution in [0, 0.1) is 6.92 Å². The van der Waals surface area contributed by atoms with E-state index in [-0.39, 0.29) is 16.4 Å². The van der Waals surface area contributed by atoms with Crippen LogP contribution in [0.5, 0.6) is 0 Å². The molecular formula is C12H13N3O4S2. The molecule has 21 heavy (non-hydrogen) atoms. The minimum Gasteiger partial charge on any atom is -0.481 e. The maximum Gasteiger partial charge on any atom is 0.303 e. The van der Waals surface area contributed by atoms with Gasteiger partial charge >= 0.3 is 5.97 Å². The van der Waals surface area contributed by atoms with Crippen molar-refractivity contribution in [2.24, 2.45) is 0 Å². The number of carboxylic acids is 1. The molecule has 112 valence electrons. The summed E-state index contributed by atoms with van der Waals surface area (Å²) < 4.78 is 30.5. The highest BCUT2D eigenvalue weighted by atomic mass is 32.2. The van der Waals surface area contributed by atoms with Crippen molar-refractivity contribution in [3.8, 4) is 0 Å². The highest BCUT2D eigenvalue weighted by molar-refractivity contribution is 7.93. The highest BCUT2D eigenvalue weighted by Crippen LogP contribution is 2.18. The van der Waals surface area contributed by atoms with Crippen molar-refractivity contribution in [2.75, 3.05) is 4.72 Å². The van der Waals surface area contributed by atoms with Gasteiger partial charge in [0.15, 0.2) is 0 Å². The monoisotopic (exact) mass is 327 g/mol. The number of nitrogens with one attached hydrogen (secondary N) is 1.